The molecule has 0 unspecified atom stereocenters. The van der Waals surface area contributed by atoms with Crippen LogP contribution >= 0.6 is 0 Å². The third kappa shape index (κ3) is 3.51. The van der Waals surface area contributed by atoms with E-state index in [1.165, 1.54) is 7.05 Å². The molecule has 0 aromatic heterocycles. The fourth-order valence-corrected chi connectivity index (χ4v) is 1.16. The van der Waals surface area contributed by atoms with E-state index < -0.39 is 11.9 Å². The summed E-state index contributed by atoms with van der Waals surface area (Å²) in [6.07, 6.45) is -3.75. The molecule has 0 saturated carbocycles. The normalized spacial score (nSPS) is 13.9. The standard InChI is InChI=1S/C11H12F3N3/c1-17-9(6-10(16)11(12,13)14)7-2-4-8(15)5-3-7/h2-6H,15-16H2,1H3/b10-6-,17-9?. The number of halogens is 3. The Balaban J connectivity index is 3.07. The number of rotatable bonds is 2. The van der Waals surface area contributed by atoms with Crippen LogP contribution in [-0.4, -0.2) is 18.9 Å². The molecule has 17 heavy (non-hydrogen) atoms. The molecule has 3 nitrogen and oxygen atoms in total. The van der Waals surface area contributed by atoms with E-state index >= 15 is 0 Å². The molecule has 0 heterocycles. The minimum Gasteiger partial charge on any atom is -0.399 e. The van der Waals surface area contributed by atoms with E-state index in [1.807, 2.05) is 0 Å². The Kier molecular flexibility index (Phi) is 3.77. The smallest absolute Gasteiger partial charge is 0.399 e. The second kappa shape index (κ2) is 4.90. The molecule has 6 heteroatoms. The molecule has 0 atom stereocenters. The van der Waals surface area contributed by atoms with Crippen LogP contribution < -0.4 is 11.5 Å². The molecule has 0 amide bonds. The van der Waals surface area contributed by atoms with Crippen molar-refractivity contribution in [3.05, 3.63) is 41.6 Å². The van der Waals surface area contributed by atoms with Gasteiger partial charge in [0, 0.05) is 12.7 Å². The predicted molar refractivity (Wildman–Crippen MR) is 61.6 cm³/mol. The first-order valence-electron chi connectivity index (χ1n) is 4.71. The zero-order valence-corrected chi connectivity index (χ0v) is 9.12. The quantitative estimate of drug-likeness (QED) is 0.617. The van der Waals surface area contributed by atoms with E-state index in [-0.39, 0.29) is 5.71 Å². The van der Waals surface area contributed by atoms with Gasteiger partial charge in [-0.15, -0.1) is 0 Å². The molecule has 1 aromatic rings. The molecule has 0 radical (unpaired) electrons. The highest BCUT2D eigenvalue weighted by Crippen LogP contribution is 2.22. The van der Waals surface area contributed by atoms with Crippen molar-refractivity contribution < 1.29 is 13.2 Å². The Morgan fingerprint density at radius 1 is 1.24 bits per heavy atom. The molecular weight excluding hydrogens is 231 g/mol. The summed E-state index contributed by atoms with van der Waals surface area (Å²) in [6, 6.07) is 6.33. The van der Waals surface area contributed by atoms with Gasteiger partial charge in [-0.25, -0.2) is 0 Å². The van der Waals surface area contributed by atoms with Gasteiger partial charge in [0.25, 0.3) is 0 Å². The van der Waals surface area contributed by atoms with Crippen LogP contribution in [0.1, 0.15) is 5.56 Å². The lowest BCUT2D eigenvalue weighted by Gasteiger charge is -2.07. The maximum atomic E-state index is 12.3. The van der Waals surface area contributed by atoms with Gasteiger partial charge < -0.3 is 11.5 Å². The number of allylic oxidation sites excluding steroid dienone is 2. The van der Waals surface area contributed by atoms with Crippen LogP contribution in [0.4, 0.5) is 18.9 Å². The maximum absolute atomic E-state index is 12.3. The first-order valence-corrected chi connectivity index (χ1v) is 4.71. The molecule has 0 aliphatic rings. The Hall–Kier alpha value is -1.98. The second-order valence-electron chi connectivity index (χ2n) is 3.33. The Morgan fingerprint density at radius 3 is 2.18 bits per heavy atom. The van der Waals surface area contributed by atoms with Crippen molar-refractivity contribution in [1.29, 1.82) is 0 Å². The number of aliphatic imine (C=N–C) groups is 1. The Morgan fingerprint density at radius 2 is 1.76 bits per heavy atom. The van der Waals surface area contributed by atoms with E-state index in [2.05, 4.69) is 4.99 Å². The van der Waals surface area contributed by atoms with Crippen molar-refractivity contribution in [1.82, 2.24) is 0 Å². The zero-order valence-electron chi connectivity index (χ0n) is 9.12. The van der Waals surface area contributed by atoms with Crippen molar-refractivity contribution in [3.8, 4) is 0 Å². The lowest BCUT2D eigenvalue weighted by atomic mass is 10.1. The summed E-state index contributed by atoms with van der Waals surface area (Å²) in [5.74, 6) is 0. The SMILES string of the molecule is CN=C(/C=C(\N)C(F)(F)F)c1ccc(N)cc1. The highest BCUT2D eigenvalue weighted by atomic mass is 19.4. The van der Waals surface area contributed by atoms with E-state index in [9.17, 15) is 13.2 Å². The van der Waals surface area contributed by atoms with Gasteiger partial charge in [-0.1, -0.05) is 12.1 Å². The van der Waals surface area contributed by atoms with Gasteiger partial charge in [-0.05, 0) is 23.8 Å². The first-order chi connectivity index (χ1) is 7.84. The number of nitrogens with zero attached hydrogens (tertiary/aromatic N) is 1. The zero-order chi connectivity index (χ0) is 13.1. The number of alkyl halides is 3. The van der Waals surface area contributed by atoms with Crippen LogP contribution in [0.3, 0.4) is 0 Å². The fraction of sp³-hybridized carbons (Fsp3) is 0.182. The monoisotopic (exact) mass is 243 g/mol. The minimum atomic E-state index is -4.55. The first kappa shape index (κ1) is 13.1. The highest BCUT2D eigenvalue weighted by Gasteiger charge is 2.31. The number of hydrogen-bond acceptors (Lipinski definition) is 3. The third-order valence-electron chi connectivity index (χ3n) is 2.07. The van der Waals surface area contributed by atoms with Crippen LogP contribution in [0, 0.1) is 0 Å². The molecule has 4 N–H and O–H groups in total. The Labute approximate surface area is 96.6 Å². The van der Waals surface area contributed by atoms with Gasteiger partial charge in [0.1, 0.15) is 5.70 Å². The van der Waals surface area contributed by atoms with Gasteiger partial charge in [0.05, 0.1) is 5.71 Å². The summed E-state index contributed by atoms with van der Waals surface area (Å²) >= 11 is 0. The maximum Gasteiger partial charge on any atom is 0.430 e. The number of benzene rings is 1. The summed E-state index contributed by atoms with van der Waals surface area (Å²) in [7, 11) is 1.39. The number of nitrogen functional groups attached to an aromatic ring is 1. The number of anilines is 1. The van der Waals surface area contributed by atoms with Crippen LogP contribution in [0.15, 0.2) is 41.0 Å². The largest absolute Gasteiger partial charge is 0.430 e. The third-order valence-corrected chi connectivity index (χ3v) is 2.07. The number of hydrogen-bond donors (Lipinski definition) is 2. The lowest BCUT2D eigenvalue weighted by molar-refractivity contribution is -0.0925. The van der Waals surface area contributed by atoms with E-state index in [4.69, 9.17) is 11.5 Å². The average Bonchev–Trinajstić information content (AvgIpc) is 2.25. The molecule has 0 saturated heterocycles. The summed E-state index contributed by atoms with van der Waals surface area (Å²) < 4.78 is 36.8. The summed E-state index contributed by atoms with van der Waals surface area (Å²) in [5.41, 5.74) is 10.4. The average molecular weight is 243 g/mol. The number of nitrogens with two attached hydrogens (primary N) is 2. The van der Waals surface area contributed by atoms with Crippen LogP contribution in [0.2, 0.25) is 0 Å². The Bertz CT molecular complexity index is 444. The van der Waals surface area contributed by atoms with E-state index in [0.29, 0.717) is 11.3 Å². The molecule has 0 bridgehead atoms. The lowest BCUT2D eigenvalue weighted by Crippen LogP contribution is -2.20. The molecule has 0 fully saturated rings. The summed E-state index contributed by atoms with van der Waals surface area (Å²) in [6.45, 7) is 0. The van der Waals surface area contributed by atoms with Gasteiger partial charge in [0.15, 0.2) is 0 Å². The molecule has 0 aliphatic heterocycles. The van der Waals surface area contributed by atoms with Gasteiger partial charge in [0.2, 0.25) is 0 Å². The van der Waals surface area contributed by atoms with Crippen LogP contribution in [0.5, 0.6) is 0 Å². The molecule has 1 aromatic carbocycles. The molecular formula is C11H12F3N3. The van der Waals surface area contributed by atoms with Crippen LogP contribution in [-0.2, 0) is 0 Å². The van der Waals surface area contributed by atoms with Gasteiger partial charge in [-0.3, -0.25) is 4.99 Å². The molecule has 1 rings (SSSR count). The van der Waals surface area contributed by atoms with Crippen molar-refractivity contribution in [2.45, 2.75) is 6.18 Å². The topological polar surface area (TPSA) is 64.4 Å². The molecule has 0 spiro atoms. The molecule has 0 aliphatic carbocycles. The van der Waals surface area contributed by atoms with Crippen molar-refractivity contribution in [2.75, 3.05) is 12.8 Å². The van der Waals surface area contributed by atoms with Crippen molar-refractivity contribution >= 4 is 11.4 Å². The van der Waals surface area contributed by atoms with Gasteiger partial charge >= 0.3 is 6.18 Å². The van der Waals surface area contributed by atoms with Gasteiger partial charge in [-0.2, -0.15) is 13.2 Å². The van der Waals surface area contributed by atoms with E-state index in [1.54, 1.807) is 24.3 Å². The summed E-state index contributed by atoms with van der Waals surface area (Å²) in [4.78, 5) is 3.76. The second-order valence-corrected chi connectivity index (χ2v) is 3.33. The van der Waals surface area contributed by atoms with Crippen molar-refractivity contribution in [2.24, 2.45) is 10.7 Å². The molecule has 92 valence electrons. The predicted octanol–water partition coefficient (Wildman–Crippen LogP) is 2.09. The van der Waals surface area contributed by atoms with Crippen molar-refractivity contribution in [3.63, 3.8) is 0 Å². The highest BCUT2D eigenvalue weighted by molar-refractivity contribution is 6.09. The van der Waals surface area contributed by atoms with Crippen LogP contribution in [0.25, 0.3) is 0 Å². The fourth-order valence-electron chi connectivity index (χ4n) is 1.16. The summed E-state index contributed by atoms with van der Waals surface area (Å²) in [5, 5.41) is 0. The van der Waals surface area contributed by atoms with E-state index in [0.717, 1.165) is 6.08 Å². The minimum absolute atomic E-state index is 0.153.